The zero-order valence-corrected chi connectivity index (χ0v) is 15.9. The summed E-state index contributed by atoms with van der Waals surface area (Å²) in [7, 11) is 1.57. The van der Waals surface area contributed by atoms with Crippen LogP contribution < -0.4 is 10.1 Å². The van der Waals surface area contributed by atoms with Crippen LogP contribution in [0.4, 0.5) is 10.5 Å². The molecular weight excluding hydrogens is 350 g/mol. The third-order valence-corrected chi connectivity index (χ3v) is 4.82. The van der Waals surface area contributed by atoms with E-state index in [0.717, 1.165) is 19.6 Å². The number of ether oxygens (including phenoxy) is 1. The van der Waals surface area contributed by atoms with E-state index >= 15 is 0 Å². The van der Waals surface area contributed by atoms with Gasteiger partial charge in [-0.3, -0.25) is 4.90 Å². The Labute approximate surface area is 159 Å². The van der Waals surface area contributed by atoms with Crippen LogP contribution in [0.2, 0.25) is 5.02 Å². The van der Waals surface area contributed by atoms with Crippen molar-refractivity contribution in [3.05, 3.63) is 58.6 Å². The number of nitrogens with one attached hydrogen (secondary N) is 1. The van der Waals surface area contributed by atoms with Gasteiger partial charge < -0.3 is 15.0 Å². The van der Waals surface area contributed by atoms with Crippen molar-refractivity contribution in [1.29, 1.82) is 0 Å². The molecule has 0 unspecified atom stereocenters. The normalized spacial score (nSPS) is 15.0. The molecule has 0 aromatic heterocycles. The predicted molar refractivity (Wildman–Crippen MR) is 105 cm³/mol. The monoisotopic (exact) mass is 373 g/mol. The Kier molecular flexibility index (Phi) is 6.01. The molecule has 0 spiro atoms. The van der Waals surface area contributed by atoms with Gasteiger partial charge >= 0.3 is 6.03 Å². The van der Waals surface area contributed by atoms with Crippen molar-refractivity contribution in [2.45, 2.75) is 13.5 Å². The molecule has 1 heterocycles. The van der Waals surface area contributed by atoms with Crippen LogP contribution >= 0.6 is 11.6 Å². The van der Waals surface area contributed by atoms with E-state index in [4.69, 9.17) is 16.3 Å². The molecule has 0 atom stereocenters. The number of aryl methyl sites for hydroxylation is 1. The Morgan fingerprint density at radius 3 is 2.46 bits per heavy atom. The highest BCUT2D eigenvalue weighted by molar-refractivity contribution is 6.31. The molecule has 0 saturated carbocycles. The fourth-order valence-corrected chi connectivity index (χ4v) is 3.21. The van der Waals surface area contributed by atoms with E-state index in [0.29, 0.717) is 29.5 Å². The number of urea groups is 1. The second-order valence-corrected chi connectivity index (χ2v) is 6.96. The fourth-order valence-electron chi connectivity index (χ4n) is 3.03. The van der Waals surface area contributed by atoms with Crippen LogP contribution in [-0.2, 0) is 6.54 Å². The Hall–Kier alpha value is -2.24. The van der Waals surface area contributed by atoms with Crippen molar-refractivity contribution in [3.63, 3.8) is 0 Å². The highest BCUT2D eigenvalue weighted by Crippen LogP contribution is 2.28. The third kappa shape index (κ3) is 4.68. The van der Waals surface area contributed by atoms with Gasteiger partial charge in [-0.15, -0.1) is 0 Å². The Bertz CT molecular complexity index is 756. The number of methoxy groups -OCH3 is 1. The molecule has 1 fully saturated rings. The van der Waals surface area contributed by atoms with Crippen molar-refractivity contribution in [3.8, 4) is 5.75 Å². The lowest BCUT2D eigenvalue weighted by Gasteiger charge is -2.34. The smallest absolute Gasteiger partial charge is 0.322 e. The lowest BCUT2D eigenvalue weighted by Crippen LogP contribution is -2.49. The maximum atomic E-state index is 12.5. The standard InChI is InChI=1S/C20H24ClN3O2/c1-15-3-5-16(6-4-15)14-23-9-11-24(12-10-23)20(25)22-18-13-17(21)7-8-19(18)26-2/h3-8,13H,9-12,14H2,1-2H3,(H,22,25). The molecule has 0 aliphatic carbocycles. The highest BCUT2D eigenvalue weighted by atomic mass is 35.5. The Morgan fingerprint density at radius 2 is 1.81 bits per heavy atom. The number of amides is 2. The van der Waals surface area contributed by atoms with E-state index in [1.807, 2.05) is 4.90 Å². The number of carbonyl (C=O) groups is 1. The molecular formula is C20H24ClN3O2. The minimum Gasteiger partial charge on any atom is -0.495 e. The number of rotatable bonds is 4. The molecule has 3 rings (SSSR count). The number of carbonyl (C=O) groups excluding carboxylic acids is 1. The van der Waals surface area contributed by atoms with Crippen LogP contribution in [0.3, 0.4) is 0 Å². The van der Waals surface area contributed by atoms with Crippen molar-refractivity contribution < 1.29 is 9.53 Å². The molecule has 0 radical (unpaired) electrons. The van der Waals surface area contributed by atoms with Crippen LogP contribution in [0, 0.1) is 6.92 Å². The lowest BCUT2D eigenvalue weighted by atomic mass is 10.1. The topological polar surface area (TPSA) is 44.8 Å². The van der Waals surface area contributed by atoms with Crippen molar-refractivity contribution >= 4 is 23.3 Å². The van der Waals surface area contributed by atoms with E-state index < -0.39 is 0 Å². The molecule has 5 nitrogen and oxygen atoms in total. The minimum absolute atomic E-state index is 0.124. The fraction of sp³-hybridized carbons (Fsp3) is 0.350. The SMILES string of the molecule is COc1ccc(Cl)cc1NC(=O)N1CCN(Cc2ccc(C)cc2)CC1. The third-order valence-electron chi connectivity index (χ3n) is 4.59. The van der Waals surface area contributed by atoms with E-state index in [1.165, 1.54) is 11.1 Å². The van der Waals surface area contributed by atoms with Crippen molar-refractivity contribution in [2.75, 3.05) is 38.6 Å². The Balaban J connectivity index is 1.53. The Morgan fingerprint density at radius 1 is 1.12 bits per heavy atom. The number of piperazine rings is 1. The first-order chi connectivity index (χ1) is 12.5. The average molecular weight is 374 g/mol. The van der Waals surface area contributed by atoms with Gasteiger partial charge in [0.05, 0.1) is 12.8 Å². The summed E-state index contributed by atoms with van der Waals surface area (Å²) in [6, 6.07) is 13.7. The number of anilines is 1. The summed E-state index contributed by atoms with van der Waals surface area (Å²) >= 11 is 6.02. The summed E-state index contributed by atoms with van der Waals surface area (Å²) in [4.78, 5) is 16.7. The molecule has 6 heteroatoms. The van der Waals surface area contributed by atoms with E-state index in [2.05, 4.69) is 41.4 Å². The summed E-state index contributed by atoms with van der Waals surface area (Å²) in [6.07, 6.45) is 0. The molecule has 2 aromatic rings. The number of halogens is 1. The van der Waals surface area contributed by atoms with Gasteiger partial charge in [-0.1, -0.05) is 41.4 Å². The van der Waals surface area contributed by atoms with Gasteiger partial charge in [-0.25, -0.2) is 4.79 Å². The second kappa shape index (κ2) is 8.43. The van der Waals surface area contributed by atoms with Gasteiger partial charge in [0.2, 0.25) is 0 Å². The zero-order chi connectivity index (χ0) is 18.5. The lowest BCUT2D eigenvalue weighted by molar-refractivity contribution is 0.143. The van der Waals surface area contributed by atoms with Gasteiger partial charge in [0.1, 0.15) is 5.75 Å². The van der Waals surface area contributed by atoms with Crippen LogP contribution in [0.1, 0.15) is 11.1 Å². The van der Waals surface area contributed by atoms with Crippen molar-refractivity contribution in [1.82, 2.24) is 9.80 Å². The highest BCUT2D eigenvalue weighted by Gasteiger charge is 2.22. The maximum Gasteiger partial charge on any atom is 0.322 e. The largest absolute Gasteiger partial charge is 0.495 e. The predicted octanol–water partition coefficient (Wildman–Crippen LogP) is 4.01. The number of hydrogen-bond acceptors (Lipinski definition) is 3. The summed E-state index contributed by atoms with van der Waals surface area (Å²) in [5.41, 5.74) is 3.16. The summed E-state index contributed by atoms with van der Waals surface area (Å²) in [6.45, 7) is 6.11. The minimum atomic E-state index is -0.124. The molecule has 138 valence electrons. The molecule has 1 aliphatic rings. The summed E-state index contributed by atoms with van der Waals surface area (Å²) in [5.74, 6) is 0.598. The number of nitrogens with zero attached hydrogens (tertiary/aromatic N) is 2. The molecule has 1 N–H and O–H groups in total. The molecule has 0 bridgehead atoms. The van der Waals surface area contributed by atoms with Gasteiger partial charge in [0.15, 0.2) is 0 Å². The van der Waals surface area contributed by atoms with Crippen LogP contribution in [-0.4, -0.2) is 49.1 Å². The van der Waals surface area contributed by atoms with Gasteiger partial charge in [0, 0.05) is 37.7 Å². The van der Waals surface area contributed by atoms with Crippen LogP contribution in [0.15, 0.2) is 42.5 Å². The quantitative estimate of drug-likeness (QED) is 0.880. The van der Waals surface area contributed by atoms with Gasteiger partial charge in [0.25, 0.3) is 0 Å². The molecule has 1 aliphatic heterocycles. The molecule has 1 saturated heterocycles. The molecule has 2 amide bonds. The summed E-state index contributed by atoms with van der Waals surface area (Å²) < 4.78 is 5.28. The molecule has 26 heavy (non-hydrogen) atoms. The average Bonchev–Trinajstić information content (AvgIpc) is 2.64. The van der Waals surface area contributed by atoms with Crippen LogP contribution in [0.5, 0.6) is 5.75 Å². The first-order valence-electron chi connectivity index (χ1n) is 8.72. The first-order valence-corrected chi connectivity index (χ1v) is 9.10. The summed E-state index contributed by atoms with van der Waals surface area (Å²) in [5, 5.41) is 3.46. The van der Waals surface area contributed by atoms with Crippen LogP contribution in [0.25, 0.3) is 0 Å². The van der Waals surface area contributed by atoms with Gasteiger partial charge in [-0.2, -0.15) is 0 Å². The van der Waals surface area contributed by atoms with E-state index in [1.54, 1.807) is 25.3 Å². The van der Waals surface area contributed by atoms with E-state index in [-0.39, 0.29) is 6.03 Å². The maximum absolute atomic E-state index is 12.5. The first kappa shape index (κ1) is 18.5. The van der Waals surface area contributed by atoms with E-state index in [9.17, 15) is 4.79 Å². The second-order valence-electron chi connectivity index (χ2n) is 6.52. The molecule has 2 aromatic carbocycles. The zero-order valence-electron chi connectivity index (χ0n) is 15.2. The number of hydrogen-bond donors (Lipinski definition) is 1. The van der Waals surface area contributed by atoms with Crippen molar-refractivity contribution in [2.24, 2.45) is 0 Å². The van der Waals surface area contributed by atoms with Gasteiger partial charge in [-0.05, 0) is 30.7 Å². The number of benzene rings is 2.